The minimum atomic E-state index is -0.868. The van der Waals surface area contributed by atoms with Crippen LogP contribution in [0.15, 0.2) is 49.1 Å². The lowest BCUT2D eigenvalue weighted by Crippen LogP contribution is -2.14. The van der Waals surface area contributed by atoms with Crippen molar-refractivity contribution in [1.29, 1.82) is 0 Å². The van der Waals surface area contributed by atoms with Gasteiger partial charge in [0.1, 0.15) is 6.61 Å². The molecule has 0 atom stereocenters. The molecule has 0 bridgehead atoms. The van der Waals surface area contributed by atoms with E-state index in [1.165, 1.54) is 12.2 Å². The summed E-state index contributed by atoms with van der Waals surface area (Å²) in [4.78, 5) is 22.3. The number of esters is 1. The van der Waals surface area contributed by atoms with Crippen LogP contribution in [0.25, 0.3) is 6.08 Å². The SMILES string of the molecule is C=CCOC(=O)C(=O)/C=C/c1ccccc1. The molecule has 0 heterocycles. The molecule has 0 aliphatic heterocycles. The lowest BCUT2D eigenvalue weighted by molar-refractivity contribution is -0.150. The fourth-order valence-electron chi connectivity index (χ4n) is 1.01. The van der Waals surface area contributed by atoms with Crippen LogP contribution in [0.5, 0.6) is 0 Å². The van der Waals surface area contributed by atoms with Crippen molar-refractivity contribution in [3.05, 3.63) is 54.6 Å². The van der Waals surface area contributed by atoms with Gasteiger partial charge in [0.25, 0.3) is 5.78 Å². The first kappa shape index (κ1) is 11.9. The average molecular weight is 216 g/mol. The normalized spacial score (nSPS) is 10.0. The van der Waals surface area contributed by atoms with Crippen LogP contribution in [-0.2, 0) is 14.3 Å². The molecule has 0 unspecified atom stereocenters. The predicted octanol–water partition coefficient (Wildman–Crippen LogP) is 2.00. The van der Waals surface area contributed by atoms with Crippen molar-refractivity contribution < 1.29 is 14.3 Å². The number of ether oxygens (including phenoxy) is 1. The number of ketones is 1. The lowest BCUT2D eigenvalue weighted by Gasteiger charge is -1.96. The lowest BCUT2D eigenvalue weighted by atomic mass is 10.2. The minimum Gasteiger partial charge on any atom is -0.455 e. The molecule has 0 radical (unpaired) electrons. The molecule has 0 aromatic heterocycles. The Bertz CT molecular complexity index is 404. The molecular formula is C13H12O3. The van der Waals surface area contributed by atoms with Crippen LogP contribution in [0.1, 0.15) is 5.56 Å². The summed E-state index contributed by atoms with van der Waals surface area (Å²) < 4.78 is 4.58. The van der Waals surface area contributed by atoms with Crippen LogP contribution in [0.2, 0.25) is 0 Å². The van der Waals surface area contributed by atoms with E-state index in [-0.39, 0.29) is 6.61 Å². The van der Waals surface area contributed by atoms with Gasteiger partial charge >= 0.3 is 5.97 Å². The second-order valence-electron chi connectivity index (χ2n) is 3.00. The van der Waals surface area contributed by atoms with Gasteiger partial charge in [0.15, 0.2) is 0 Å². The molecule has 0 fully saturated rings. The van der Waals surface area contributed by atoms with Gasteiger partial charge in [0.2, 0.25) is 0 Å². The number of hydrogen-bond donors (Lipinski definition) is 0. The first-order chi connectivity index (χ1) is 7.74. The Morgan fingerprint density at radius 1 is 1.25 bits per heavy atom. The van der Waals surface area contributed by atoms with Gasteiger partial charge in [-0.1, -0.05) is 49.1 Å². The standard InChI is InChI=1S/C13H12O3/c1-2-10-16-13(15)12(14)9-8-11-6-4-3-5-7-11/h2-9H,1,10H2/b9-8+. The molecular weight excluding hydrogens is 204 g/mol. The fourth-order valence-corrected chi connectivity index (χ4v) is 1.01. The highest BCUT2D eigenvalue weighted by Gasteiger charge is 2.10. The van der Waals surface area contributed by atoms with E-state index in [0.717, 1.165) is 5.56 Å². The van der Waals surface area contributed by atoms with Gasteiger partial charge in [0, 0.05) is 0 Å². The summed E-state index contributed by atoms with van der Waals surface area (Å²) in [5.74, 6) is -1.54. The summed E-state index contributed by atoms with van der Waals surface area (Å²) in [5, 5.41) is 0. The minimum absolute atomic E-state index is 0.0454. The zero-order chi connectivity index (χ0) is 11.8. The molecule has 0 aliphatic carbocycles. The Kier molecular flexibility index (Phi) is 4.73. The average Bonchev–Trinajstić information content (AvgIpc) is 2.34. The molecule has 1 rings (SSSR count). The summed E-state index contributed by atoms with van der Waals surface area (Å²) in [5.41, 5.74) is 0.854. The molecule has 0 N–H and O–H groups in total. The van der Waals surface area contributed by atoms with Crippen LogP contribution in [0, 0.1) is 0 Å². The molecule has 0 aliphatic rings. The van der Waals surface area contributed by atoms with Crippen LogP contribution < -0.4 is 0 Å². The smallest absolute Gasteiger partial charge is 0.379 e. The predicted molar refractivity (Wildman–Crippen MR) is 61.6 cm³/mol. The van der Waals surface area contributed by atoms with Gasteiger partial charge < -0.3 is 4.74 Å². The second kappa shape index (κ2) is 6.35. The highest BCUT2D eigenvalue weighted by Crippen LogP contribution is 2.01. The maximum atomic E-state index is 11.2. The van der Waals surface area contributed by atoms with Crippen molar-refractivity contribution in [1.82, 2.24) is 0 Å². The van der Waals surface area contributed by atoms with E-state index >= 15 is 0 Å². The first-order valence-corrected chi connectivity index (χ1v) is 4.79. The Labute approximate surface area is 94.0 Å². The van der Waals surface area contributed by atoms with Gasteiger partial charge in [-0.05, 0) is 11.6 Å². The largest absolute Gasteiger partial charge is 0.455 e. The highest BCUT2D eigenvalue weighted by atomic mass is 16.5. The topological polar surface area (TPSA) is 43.4 Å². The molecule has 0 amide bonds. The van der Waals surface area contributed by atoms with E-state index < -0.39 is 11.8 Å². The summed E-state index contributed by atoms with van der Waals surface area (Å²) in [7, 11) is 0. The van der Waals surface area contributed by atoms with E-state index in [2.05, 4.69) is 11.3 Å². The molecule has 0 spiro atoms. The van der Waals surface area contributed by atoms with E-state index in [0.29, 0.717) is 0 Å². The highest BCUT2D eigenvalue weighted by molar-refractivity contribution is 6.39. The molecule has 3 nitrogen and oxygen atoms in total. The van der Waals surface area contributed by atoms with Gasteiger partial charge in [0.05, 0.1) is 0 Å². The molecule has 82 valence electrons. The Balaban J connectivity index is 2.54. The molecule has 0 saturated carbocycles. The fraction of sp³-hybridized carbons (Fsp3) is 0.0769. The van der Waals surface area contributed by atoms with E-state index in [4.69, 9.17) is 0 Å². The van der Waals surface area contributed by atoms with Gasteiger partial charge in [-0.25, -0.2) is 4.79 Å². The second-order valence-corrected chi connectivity index (χ2v) is 3.00. The quantitative estimate of drug-likeness (QED) is 0.327. The third-order valence-corrected chi connectivity index (χ3v) is 1.76. The Morgan fingerprint density at radius 3 is 2.56 bits per heavy atom. The molecule has 1 aromatic carbocycles. The Morgan fingerprint density at radius 2 is 1.94 bits per heavy atom. The van der Waals surface area contributed by atoms with Crippen LogP contribution in [-0.4, -0.2) is 18.4 Å². The van der Waals surface area contributed by atoms with E-state index in [1.807, 2.05) is 30.3 Å². The van der Waals surface area contributed by atoms with Gasteiger partial charge in [-0.2, -0.15) is 0 Å². The maximum absolute atomic E-state index is 11.2. The molecule has 1 aromatic rings. The van der Waals surface area contributed by atoms with Gasteiger partial charge in [-0.15, -0.1) is 0 Å². The van der Waals surface area contributed by atoms with Crippen molar-refractivity contribution in [2.75, 3.05) is 6.61 Å². The summed E-state index contributed by atoms with van der Waals surface area (Å²) >= 11 is 0. The number of carbonyl (C=O) groups is 2. The van der Waals surface area contributed by atoms with Gasteiger partial charge in [-0.3, -0.25) is 4.79 Å². The zero-order valence-corrected chi connectivity index (χ0v) is 8.76. The van der Waals surface area contributed by atoms with Crippen LogP contribution in [0.3, 0.4) is 0 Å². The Hall–Kier alpha value is -2.16. The summed E-state index contributed by atoms with van der Waals surface area (Å²) in [6.45, 7) is 3.42. The van der Waals surface area contributed by atoms with Crippen molar-refractivity contribution >= 4 is 17.8 Å². The molecule has 16 heavy (non-hydrogen) atoms. The number of benzene rings is 1. The summed E-state index contributed by atoms with van der Waals surface area (Å²) in [6, 6.07) is 9.23. The van der Waals surface area contributed by atoms with Crippen molar-refractivity contribution in [3.8, 4) is 0 Å². The van der Waals surface area contributed by atoms with Crippen molar-refractivity contribution in [2.24, 2.45) is 0 Å². The van der Waals surface area contributed by atoms with Crippen molar-refractivity contribution in [2.45, 2.75) is 0 Å². The summed E-state index contributed by atoms with van der Waals surface area (Å²) in [6.07, 6.45) is 4.17. The van der Waals surface area contributed by atoms with E-state index in [1.54, 1.807) is 6.08 Å². The van der Waals surface area contributed by atoms with Crippen molar-refractivity contribution in [3.63, 3.8) is 0 Å². The first-order valence-electron chi connectivity index (χ1n) is 4.79. The third-order valence-electron chi connectivity index (χ3n) is 1.76. The third kappa shape index (κ3) is 3.92. The maximum Gasteiger partial charge on any atom is 0.379 e. The molecule has 3 heteroatoms. The van der Waals surface area contributed by atoms with Crippen LogP contribution in [0.4, 0.5) is 0 Å². The monoisotopic (exact) mass is 216 g/mol. The van der Waals surface area contributed by atoms with Crippen LogP contribution >= 0.6 is 0 Å². The van der Waals surface area contributed by atoms with E-state index in [9.17, 15) is 9.59 Å². The number of rotatable bonds is 5. The molecule has 0 saturated heterocycles. The number of hydrogen-bond acceptors (Lipinski definition) is 3. The number of carbonyl (C=O) groups excluding carboxylic acids is 2. The zero-order valence-electron chi connectivity index (χ0n) is 8.76.